The van der Waals surface area contributed by atoms with Crippen molar-refractivity contribution in [3.63, 3.8) is 0 Å². The molecule has 0 saturated heterocycles. The maximum Gasteiger partial charge on any atom is 0.216 e. The van der Waals surface area contributed by atoms with Gasteiger partial charge in [0.25, 0.3) is 0 Å². The van der Waals surface area contributed by atoms with Crippen molar-refractivity contribution in [3.05, 3.63) is 51.7 Å². The van der Waals surface area contributed by atoms with Crippen LogP contribution in [0.2, 0.25) is 0 Å². The monoisotopic (exact) mass is 346 g/mol. The number of nitrogens with one attached hydrogen (secondary N) is 1. The summed E-state index contributed by atoms with van der Waals surface area (Å²) in [5, 5.41) is 5.19. The fraction of sp³-hybridized carbons (Fsp3) is 0.389. The van der Waals surface area contributed by atoms with Crippen LogP contribution in [0.3, 0.4) is 0 Å². The summed E-state index contributed by atoms with van der Waals surface area (Å²) in [7, 11) is 0. The number of benzene rings is 1. The van der Waals surface area contributed by atoms with Gasteiger partial charge in [-0.2, -0.15) is 0 Å². The van der Waals surface area contributed by atoms with Crippen molar-refractivity contribution in [2.45, 2.75) is 30.8 Å². The minimum atomic E-state index is 0.0314. The summed E-state index contributed by atoms with van der Waals surface area (Å²) in [4.78, 5) is 16.7. The first-order chi connectivity index (χ1) is 11.2. The SMILES string of the molecule is CSc1ccc([C@@H](CNC(C)=O)N2CCc3sccc3C2)cc1. The summed E-state index contributed by atoms with van der Waals surface area (Å²) >= 11 is 3.61. The van der Waals surface area contributed by atoms with Gasteiger partial charge in [-0.05, 0) is 47.4 Å². The van der Waals surface area contributed by atoms with Crippen LogP contribution in [0, 0.1) is 0 Å². The fourth-order valence-electron chi connectivity index (χ4n) is 3.06. The molecule has 5 heteroatoms. The predicted octanol–water partition coefficient (Wildman–Crippen LogP) is 3.71. The second-order valence-corrected chi connectivity index (χ2v) is 7.70. The number of thioether (sulfide) groups is 1. The van der Waals surface area contributed by atoms with E-state index in [9.17, 15) is 4.79 Å². The molecule has 0 bridgehead atoms. The van der Waals surface area contributed by atoms with E-state index in [1.165, 1.54) is 20.9 Å². The summed E-state index contributed by atoms with van der Waals surface area (Å²) in [5.41, 5.74) is 2.71. The van der Waals surface area contributed by atoms with Crippen molar-refractivity contribution in [1.82, 2.24) is 10.2 Å². The average molecular weight is 347 g/mol. The molecule has 2 heterocycles. The van der Waals surface area contributed by atoms with E-state index >= 15 is 0 Å². The van der Waals surface area contributed by atoms with Crippen molar-refractivity contribution in [2.75, 3.05) is 19.3 Å². The molecule has 1 aromatic heterocycles. The molecule has 2 aromatic rings. The van der Waals surface area contributed by atoms with Crippen molar-refractivity contribution in [2.24, 2.45) is 0 Å². The Morgan fingerprint density at radius 1 is 1.35 bits per heavy atom. The van der Waals surface area contributed by atoms with E-state index < -0.39 is 0 Å². The Kier molecular flexibility index (Phi) is 5.41. The van der Waals surface area contributed by atoms with Crippen LogP contribution < -0.4 is 5.32 Å². The lowest BCUT2D eigenvalue weighted by molar-refractivity contribution is -0.119. The number of rotatable bonds is 5. The van der Waals surface area contributed by atoms with Crippen LogP contribution in [0.1, 0.15) is 29.0 Å². The van der Waals surface area contributed by atoms with Gasteiger partial charge in [-0.25, -0.2) is 0 Å². The lowest BCUT2D eigenvalue weighted by atomic mass is 10.0. The molecule has 0 unspecified atom stereocenters. The summed E-state index contributed by atoms with van der Waals surface area (Å²) in [6.07, 6.45) is 3.19. The standard InChI is InChI=1S/C18H22N2OS2/c1-13(21)19-11-17(14-3-5-16(22-2)6-4-14)20-9-7-18-15(12-20)8-10-23-18/h3-6,8,10,17H,7,9,11-12H2,1-2H3,(H,19,21)/t17-/m1/s1. The molecular formula is C18H22N2OS2. The van der Waals surface area contributed by atoms with Crippen LogP contribution in [0.15, 0.2) is 40.6 Å². The van der Waals surface area contributed by atoms with E-state index in [0.717, 1.165) is 19.5 Å². The number of nitrogens with zero attached hydrogens (tertiary/aromatic N) is 1. The smallest absolute Gasteiger partial charge is 0.216 e. The molecule has 23 heavy (non-hydrogen) atoms. The largest absolute Gasteiger partial charge is 0.354 e. The average Bonchev–Trinajstić information content (AvgIpc) is 3.03. The Balaban J connectivity index is 1.81. The number of hydrogen-bond donors (Lipinski definition) is 1. The van der Waals surface area contributed by atoms with E-state index in [1.54, 1.807) is 18.7 Å². The van der Waals surface area contributed by atoms with E-state index in [2.05, 4.69) is 52.2 Å². The lowest BCUT2D eigenvalue weighted by Gasteiger charge is -2.35. The van der Waals surface area contributed by atoms with Crippen LogP contribution in [0.4, 0.5) is 0 Å². The van der Waals surface area contributed by atoms with E-state index in [0.29, 0.717) is 6.54 Å². The molecule has 0 radical (unpaired) electrons. The summed E-state index contributed by atoms with van der Waals surface area (Å²) in [6, 6.07) is 11.2. The molecule has 1 atom stereocenters. The zero-order valence-electron chi connectivity index (χ0n) is 13.5. The summed E-state index contributed by atoms with van der Waals surface area (Å²) in [6.45, 7) is 4.25. The molecule has 1 aromatic carbocycles. The summed E-state index contributed by atoms with van der Waals surface area (Å²) < 4.78 is 0. The third kappa shape index (κ3) is 3.97. The second-order valence-electron chi connectivity index (χ2n) is 5.82. The van der Waals surface area contributed by atoms with Crippen LogP contribution in [0.25, 0.3) is 0 Å². The molecule has 1 N–H and O–H groups in total. The molecule has 3 nitrogen and oxygen atoms in total. The Morgan fingerprint density at radius 2 is 2.13 bits per heavy atom. The number of thiophene rings is 1. The summed E-state index contributed by atoms with van der Waals surface area (Å²) in [5.74, 6) is 0.0314. The topological polar surface area (TPSA) is 32.3 Å². The molecular weight excluding hydrogens is 324 g/mol. The third-order valence-corrected chi connectivity index (χ3v) is 6.09. The first-order valence-electron chi connectivity index (χ1n) is 7.85. The van der Waals surface area contributed by atoms with Gasteiger partial charge in [-0.3, -0.25) is 9.69 Å². The van der Waals surface area contributed by atoms with Crippen LogP contribution >= 0.6 is 23.1 Å². The number of fused-ring (bicyclic) bond motifs is 1. The maximum absolute atomic E-state index is 11.4. The molecule has 0 fully saturated rings. The number of amides is 1. The highest BCUT2D eigenvalue weighted by Crippen LogP contribution is 2.30. The highest BCUT2D eigenvalue weighted by atomic mass is 32.2. The molecule has 1 aliphatic rings. The molecule has 0 aliphatic carbocycles. The van der Waals surface area contributed by atoms with Crippen molar-refractivity contribution in [3.8, 4) is 0 Å². The first-order valence-corrected chi connectivity index (χ1v) is 9.95. The van der Waals surface area contributed by atoms with Crippen molar-refractivity contribution < 1.29 is 4.79 Å². The van der Waals surface area contributed by atoms with Gasteiger partial charge in [-0.15, -0.1) is 23.1 Å². The molecule has 1 amide bonds. The molecule has 1 aliphatic heterocycles. The van der Waals surface area contributed by atoms with Crippen LogP contribution in [0.5, 0.6) is 0 Å². The van der Waals surface area contributed by atoms with Gasteiger partial charge in [0.05, 0.1) is 6.04 Å². The quantitative estimate of drug-likeness (QED) is 0.838. The van der Waals surface area contributed by atoms with Gasteiger partial charge in [0.15, 0.2) is 0 Å². The zero-order valence-corrected chi connectivity index (χ0v) is 15.2. The van der Waals surface area contributed by atoms with Crippen molar-refractivity contribution in [1.29, 1.82) is 0 Å². The van der Waals surface area contributed by atoms with E-state index in [4.69, 9.17) is 0 Å². The Hall–Kier alpha value is -1.30. The fourth-order valence-corrected chi connectivity index (χ4v) is 4.36. The maximum atomic E-state index is 11.4. The van der Waals surface area contributed by atoms with Gasteiger partial charge in [-0.1, -0.05) is 12.1 Å². The Labute approximate surface area is 146 Å². The highest BCUT2D eigenvalue weighted by molar-refractivity contribution is 7.98. The van der Waals surface area contributed by atoms with Gasteiger partial charge in [0.2, 0.25) is 5.91 Å². The molecule has 3 rings (SSSR count). The third-order valence-electron chi connectivity index (χ3n) is 4.32. The van der Waals surface area contributed by atoms with Gasteiger partial charge < -0.3 is 5.32 Å². The zero-order chi connectivity index (χ0) is 16.2. The minimum absolute atomic E-state index is 0.0314. The minimum Gasteiger partial charge on any atom is -0.354 e. The number of carbonyl (C=O) groups is 1. The van der Waals surface area contributed by atoms with Gasteiger partial charge in [0.1, 0.15) is 0 Å². The van der Waals surface area contributed by atoms with Crippen LogP contribution in [-0.4, -0.2) is 30.2 Å². The molecule has 0 spiro atoms. The predicted molar refractivity (Wildman–Crippen MR) is 98.1 cm³/mol. The normalized spacial score (nSPS) is 15.9. The first kappa shape index (κ1) is 16.6. The lowest BCUT2D eigenvalue weighted by Crippen LogP contribution is -2.39. The van der Waals surface area contributed by atoms with E-state index in [1.807, 2.05) is 11.3 Å². The molecule has 122 valence electrons. The Morgan fingerprint density at radius 3 is 2.83 bits per heavy atom. The Bertz CT molecular complexity index is 666. The second kappa shape index (κ2) is 7.51. The van der Waals surface area contributed by atoms with Crippen molar-refractivity contribution >= 4 is 29.0 Å². The number of hydrogen-bond acceptors (Lipinski definition) is 4. The van der Waals surface area contributed by atoms with E-state index in [-0.39, 0.29) is 11.9 Å². The van der Waals surface area contributed by atoms with Crippen LogP contribution in [-0.2, 0) is 17.8 Å². The number of carbonyl (C=O) groups excluding carboxylic acids is 1. The van der Waals surface area contributed by atoms with Gasteiger partial charge in [0, 0.05) is 36.3 Å². The molecule has 0 saturated carbocycles. The van der Waals surface area contributed by atoms with Gasteiger partial charge >= 0.3 is 0 Å². The highest BCUT2D eigenvalue weighted by Gasteiger charge is 2.25.